The van der Waals surface area contributed by atoms with Crippen molar-refractivity contribution in [3.05, 3.63) is 23.8 Å². The maximum Gasteiger partial charge on any atom is 0.303 e. The largest absolute Gasteiger partial charge is 0.481 e. The standard InChI is InChI=1S/C44H73N17O7S/c1-5-23-66-25-27-68-28-26-67-24-14-48-42-49-43(58-19-15-56(16-20-58)40(64)36(9-7-8-13-45)61-31-35(53-55-61)39(47)32(3)6-2)51-44(50-42)59-21-17-57(18-22-59)41(65)37(10-11-38(62)63)60-30-34(52-54-60)33(46)12-29-69-4/h1,30-33,36-37,39H,6-29,45-47H2,2-4H3,(H,62,63)(H,48,49,50,51)/t32-,33+,36+,37+,39+/m1/s1. The predicted molar refractivity (Wildman–Crippen MR) is 261 cm³/mol. The van der Waals surface area contributed by atoms with Gasteiger partial charge in [0.2, 0.25) is 29.7 Å². The molecule has 0 unspecified atom stereocenters. The zero-order valence-corrected chi connectivity index (χ0v) is 41.3. The second-order valence-electron chi connectivity index (χ2n) is 17.1. The molecule has 3 aromatic heterocycles. The third-order valence-corrected chi connectivity index (χ3v) is 12.9. The van der Waals surface area contributed by atoms with Crippen molar-refractivity contribution in [3.63, 3.8) is 0 Å². The number of carboxylic acid groups (broad SMARTS) is 1. The number of unbranched alkanes of at least 4 members (excludes halogenated alkanes) is 1. The van der Waals surface area contributed by atoms with Gasteiger partial charge in [0.25, 0.3) is 0 Å². The minimum absolute atomic E-state index is 0.0434. The highest BCUT2D eigenvalue weighted by atomic mass is 32.2. The number of piperazine rings is 2. The molecule has 2 saturated heterocycles. The van der Waals surface area contributed by atoms with Crippen LogP contribution >= 0.6 is 11.8 Å². The highest BCUT2D eigenvalue weighted by molar-refractivity contribution is 7.98. The molecule has 0 aromatic carbocycles. The van der Waals surface area contributed by atoms with Gasteiger partial charge in [0, 0.05) is 65.3 Å². The number of nitrogens with zero attached hydrogens (tertiary/aromatic N) is 13. The SMILES string of the molecule is C#CCOCCOCCOCCNc1nc(N2CCN(C(=O)[C@H](CCCCN)n3cc([C@@H](N)[C@H](C)CC)nn3)CC2)nc(N2CCN(C(=O)[C@H](CCC(=O)O)n3cc([C@@H](N)CCSC)nn3)CC2)n1. The maximum atomic E-state index is 14.2. The van der Waals surface area contributed by atoms with Crippen molar-refractivity contribution in [2.24, 2.45) is 23.1 Å². The van der Waals surface area contributed by atoms with Crippen LogP contribution in [0.25, 0.3) is 0 Å². The highest BCUT2D eigenvalue weighted by Gasteiger charge is 2.34. The zero-order chi connectivity index (χ0) is 49.5. The summed E-state index contributed by atoms with van der Waals surface area (Å²) < 4.78 is 19.6. The van der Waals surface area contributed by atoms with Crippen LogP contribution in [0.1, 0.15) is 94.3 Å². The number of rotatable bonds is 31. The van der Waals surface area contributed by atoms with Crippen LogP contribution in [0.15, 0.2) is 12.4 Å². The van der Waals surface area contributed by atoms with Gasteiger partial charge in [-0.1, -0.05) is 36.6 Å². The summed E-state index contributed by atoms with van der Waals surface area (Å²) in [6, 6.07) is -2.05. The van der Waals surface area contributed by atoms with E-state index in [0.29, 0.717) is 141 Å². The number of nitrogens with two attached hydrogens (primary N) is 3. The average Bonchev–Trinajstić information content (AvgIpc) is 4.07. The number of aromatic nitrogens is 9. The van der Waals surface area contributed by atoms with E-state index in [1.165, 1.54) is 4.68 Å². The molecule has 0 radical (unpaired) electrons. The van der Waals surface area contributed by atoms with Crippen molar-refractivity contribution in [2.45, 2.75) is 83.0 Å². The number of carboxylic acids is 1. The van der Waals surface area contributed by atoms with Crippen LogP contribution in [-0.4, -0.2) is 195 Å². The molecule has 2 aliphatic heterocycles. The van der Waals surface area contributed by atoms with Crippen LogP contribution in [-0.2, 0) is 28.6 Å². The van der Waals surface area contributed by atoms with E-state index in [1.807, 2.05) is 27.2 Å². The summed E-state index contributed by atoms with van der Waals surface area (Å²) in [5.74, 6) is 3.38. The molecule has 24 nitrogen and oxygen atoms in total. The van der Waals surface area contributed by atoms with E-state index in [9.17, 15) is 19.5 Å². The summed E-state index contributed by atoms with van der Waals surface area (Å²) in [5, 5.41) is 30.0. The fourth-order valence-corrected chi connectivity index (χ4v) is 8.31. The Morgan fingerprint density at radius 2 is 1.35 bits per heavy atom. The summed E-state index contributed by atoms with van der Waals surface area (Å²) in [4.78, 5) is 62.1. The number of carbonyl (C=O) groups is 3. The molecule has 8 N–H and O–H groups in total. The highest BCUT2D eigenvalue weighted by Crippen LogP contribution is 2.26. The Balaban J connectivity index is 1.26. The van der Waals surface area contributed by atoms with Crippen LogP contribution in [0.4, 0.5) is 17.8 Å². The first-order valence-corrected chi connectivity index (χ1v) is 25.4. The third-order valence-electron chi connectivity index (χ3n) is 12.3. The lowest BCUT2D eigenvalue weighted by Crippen LogP contribution is -2.52. The van der Waals surface area contributed by atoms with E-state index in [4.69, 9.17) is 52.8 Å². The Morgan fingerprint density at radius 1 is 0.797 bits per heavy atom. The predicted octanol–water partition coefficient (Wildman–Crippen LogP) is 0.722. The van der Waals surface area contributed by atoms with E-state index < -0.39 is 18.1 Å². The number of hydrogen-bond donors (Lipinski definition) is 5. The first-order valence-electron chi connectivity index (χ1n) is 24.0. The number of aliphatic carboxylic acids is 1. The maximum absolute atomic E-state index is 14.2. The third kappa shape index (κ3) is 16.7. The lowest BCUT2D eigenvalue weighted by molar-refractivity contribution is -0.139. The van der Waals surface area contributed by atoms with Crippen molar-refractivity contribution in [2.75, 3.05) is 132 Å². The Morgan fingerprint density at radius 3 is 1.90 bits per heavy atom. The van der Waals surface area contributed by atoms with Gasteiger partial charge in [0.1, 0.15) is 18.7 Å². The Bertz CT molecular complexity index is 2060. The van der Waals surface area contributed by atoms with Gasteiger partial charge in [-0.3, -0.25) is 14.4 Å². The van der Waals surface area contributed by atoms with E-state index in [-0.39, 0.29) is 49.3 Å². The van der Waals surface area contributed by atoms with Gasteiger partial charge in [-0.25, -0.2) is 9.36 Å². The van der Waals surface area contributed by atoms with Crippen molar-refractivity contribution in [3.8, 4) is 12.3 Å². The number of hydrogen-bond acceptors (Lipinski definition) is 20. The van der Waals surface area contributed by atoms with Crippen molar-refractivity contribution in [1.29, 1.82) is 0 Å². The second kappa shape index (κ2) is 29.1. The molecule has 25 heteroatoms. The molecule has 69 heavy (non-hydrogen) atoms. The number of nitrogens with one attached hydrogen (secondary N) is 1. The number of carbonyl (C=O) groups excluding carboxylic acids is 2. The number of ether oxygens (including phenoxy) is 3. The molecule has 5 atom stereocenters. The first-order chi connectivity index (χ1) is 33.5. The van der Waals surface area contributed by atoms with Gasteiger partial charge in [-0.15, -0.1) is 16.6 Å². The van der Waals surface area contributed by atoms with Crippen LogP contribution in [0.2, 0.25) is 0 Å². The fraction of sp³-hybridized carbons (Fsp3) is 0.727. The van der Waals surface area contributed by atoms with Crippen molar-refractivity contribution in [1.82, 2.24) is 54.7 Å². The topological polar surface area (TPSA) is 302 Å². The van der Waals surface area contributed by atoms with E-state index in [2.05, 4.69) is 45.7 Å². The summed E-state index contributed by atoms with van der Waals surface area (Å²) >= 11 is 1.67. The Kier molecular flexibility index (Phi) is 23.0. The number of anilines is 3. The van der Waals surface area contributed by atoms with Gasteiger partial charge >= 0.3 is 5.97 Å². The molecule has 0 saturated carbocycles. The molecule has 0 bridgehead atoms. The molecular formula is C44H73N17O7S. The van der Waals surface area contributed by atoms with Gasteiger partial charge in [-0.2, -0.15) is 26.7 Å². The number of amides is 2. The molecule has 2 fully saturated rings. The molecule has 0 spiro atoms. The van der Waals surface area contributed by atoms with Crippen LogP contribution in [0.5, 0.6) is 0 Å². The molecule has 2 aliphatic rings. The number of terminal acetylenes is 1. The molecule has 0 aliphatic carbocycles. The Hall–Kier alpha value is -5.23. The van der Waals surface area contributed by atoms with E-state index in [1.54, 1.807) is 27.5 Å². The average molecular weight is 984 g/mol. The smallest absolute Gasteiger partial charge is 0.303 e. The lowest BCUT2D eigenvalue weighted by atomic mass is 9.98. The molecule has 5 heterocycles. The fourth-order valence-electron chi connectivity index (χ4n) is 7.82. The zero-order valence-electron chi connectivity index (χ0n) is 40.4. The van der Waals surface area contributed by atoms with Crippen LogP contribution in [0, 0.1) is 18.3 Å². The molecule has 2 amide bonds. The monoisotopic (exact) mass is 984 g/mol. The van der Waals surface area contributed by atoms with Crippen LogP contribution in [0.3, 0.4) is 0 Å². The first kappa shape index (κ1) is 54.7. The normalized spacial score (nSPS) is 16.5. The van der Waals surface area contributed by atoms with E-state index >= 15 is 0 Å². The van der Waals surface area contributed by atoms with Crippen molar-refractivity contribution < 1.29 is 33.7 Å². The summed E-state index contributed by atoms with van der Waals surface area (Å²) in [6.45, 7) is 10.6. The minimum Gasteiger partial charge on any atom is -0.481 e. The molecule has 382 valence electrons. The summed E-state index contributed by atoms with van der Waals surface area (Å²) in [6.07, 6.45) is 14.2. The molecule has 3 aromatic rings. The quantitative estimate of drug-likeness (QED) is 0.0438. The van der Waals surface area contributed by atoms with Gasteiger partial charge < -0.3 is 61.4 Å². The van der Waals surface area contributed by atoms with Crippen molar-refractivity contribution >= 4 is 47.4 Å². The van der Waals surface area contributed by atoms with Gasteiger partial charge in [0.15, 0.2) is 0 Å². The second-order valence-corrected chi connectivity index (χ2v) is 18.1. The molecule has 5 rings (SSSR count). The van der Waals surface area contributed by atoms with Gasteiger partial charge in [0.05, 0.1) is 68.9 Å². The molecular weight excluding hydrogens is 911 g/mol. The van der Waals surface area contributed by atoms with E-state index in [0.717, 1.165) is 25.0 Å². The Labute approximate surface area is 409 Å². The summed E-state index contributed by atoms with van der Waals surface area (Å²) in [5.41, 5.74) is 19.9. The number of thioether (sulfide) groups is 1. The minimum atomic E-state index is -1.01. The van der Waals surface area contributed by atoms with Crippen LogP contribution < -0.4 is 32.3 Å². The van der Waals surface area contributed by atoms with Gasteiger partial charge in [-0.05, 0) is 56.6 Å². The summed E-state index contributed by atoms with van der Waals surface area (Å²) in [7, 11) is 0. The lowest BCUT2D eigenvalue weighted by Gasteiger charge is -2.38.